The molecule has 1 aromatic carbocycles. The maximum Gasteiger partial charge on any atom is 0.328 e. The van der Waals surface area contributed by atoms with E-state index in [1.807, 2.05) is 0 Å². The van der Waals surface area contributed by atoms with E-state index < -0.39 is 12.0 Å². The van der Waals surface area contributed by atoms with Crippen molar-refractivity contribution in [1.29, 1.82) is 0 Å². The van der Waals surface area contributed by atoms with Crippen molar-refractivity contribution in [2.45, 2.75) is 32.1 Å². The third-order valence-electron chi connectivity index (χ3n) is 3.83. The molecule has 1 aromatic rings. The minimum atomic E-state index is -0.815. The van der Waals surface area contributed by atoms with E-state index in [9.17, 15) is 19.2 Å². The van der Waals surface area contributed by atoms with Crippen molar-refractivity contribution in [2.75, 3.05) is 18.0 Å². The molecular weight excluding hydrogens is 326 g/mol. The average molecular weight is 347 g/mol. The van der Waals surface area contributed by atoms with Gasteiger partial charge in [-0.25, -0.2) is 4.79 Å². The maximum atomic E-state index is 12.2. The standard InChI is InChI=1S/C17H21N3O5/c21-14-8-10-20(17(25)19-14)13-6-4-5-12(11-13)16(24)18-9-3-1-2-7-15(22)23/h4-6,11H,1-3,7-10H2,(H,18,24)(H,22,23)(H,19,21,25). The number of carboxylic acid groups (broad SMARTS) is 1. The van der Waals surface area contributed by atoms with Gasteiger partial charge in [-0.3, -0.25) is 24.6 Å². The van der Waals surface area contributed by atoms with Crippen LogP contribution in [0.15, 0.2) is 24.3 Å². The highest BCUT2D eigenvalue weighted by Gasteiger charge is 2.24. The fourth-order valence-corrected chi connectivity index (χ4v) is 2.51. The molecule has 0 spiro atoms. The van der Waals surface area contributed by atoms with Crippen LogP contribution >= 0.6 is 0 Å². The van der Waals surface area contributed by atoms with E-state index in [2.05, 4.69) is 10.6 Å². The van der Waals surface area contributed by atoms with E-state index in [-0.39, 0.29) is 31.2 Å². The number of hydrogen-bond donors (Lipinski definition) is 3. The molecule has 1 heterocycles. The second-order valence-corrected chi connectivity index (χ2v) is 5.77. The number of anilines is 1. The van der Waals surface area contributed by atoms with Crippen LogP contribution in [0.5, 0.6) is 0 Å². The van der Waals surface area contributed by atoms with Crippen molar-refractivity contribution in [2.24, 2.45) is 0 Å². The Labute approximate surface area is 145 Å². The highest BCUT2D eigenvalue weighted by atomic mass is 16.4. The summed E-state index contributed by atoms with van der Waals surface area (Å²) in [4.78, 5) is 47.1. The van der Waals surface area contributed by atoms with Crippen LogP contribution in [0, 0.1) is 0 Å². The van der Waals surface area contributed by atoms with E-state index in [0.29, 0.717) is 30.6 Å². The Kier molecular flexibility index (Phi) is 6.50. The number of nitrogens with zero attached hydrogens (tertiary/aromatic N) is 1. The zero-order chi connectivity index (χ0) is 18.2. The molecule has 4 amide bonds. The molecule has 8 nitrogen and oxygen atoms in total. The second kappa shape index (κ2) is 8.81. The number of unbranched alkanes of at least 4 members (excludes halogenated alkanes) is 2. The molecule has 1 aliphatic rings. The van der Waals surface area contributed by atoms with E-state index in [1.54, 1.807) is 24.3 Å². The third-order valence-corrected chi connectivity index (χ3v) is 3.83. The van der Waals surface area contributed by atoms with Crippen LogP contribution < -0.4 is 15.5 Å². The number of urea groups is 1. The Bertz CT molecular complexity index is 674. The summed E-state index contributed by atoms with van der Waals surface area (Å²) in [5.74, 6) is -1.38. The zero-order valence-corrected chi connectivity index (χ0v) is 13.8. The summed E-state index contributed by atoms with van der Waals surface area (Å²) < 4.78 is 0. The van der Waals surface area contributed by atoms with Crippen LogP contribution in [0.25, 0.3) is 0 Å². The molecule has 1 aliphatic heterocycles. The molecule has 2 rings (SSSR count). The van der Waals surface area contributed by atoms with Crippen molar-refractivity contribution >= 4 is 29.5 Å². The number of imide groups is 1. The third kappa shape index (κ3) is 5.59. The first-order chi connectivity index (χ1) is 12.0. The van der Waals surface area contributed by atoms with Crippen LogP contribution in [0.3, 0.4) is 0 Å². The molecule has 25 heavy (non-hydrogen) atoms. The van der Waals surface area contributed by atoms with Gasteiger partial charge in [0.1, 0.15) is 0 Å². The molecule has 0 atom stereocenters. The van der Waals surface area contributed by atoms with E-state index in [4.69, 9.17) is 5.11 Å². The Balaban J connectivity index is 1.85. The minimum absolute atomic E-state index is 0.135. The molecule has 0 aliphatic carbocycles. The lowest BCUT2D eigenvalue weighted by molar-refractivity contribution is -0.137. The Morgan fingerprint density at radius 2 is 2.00 bits per heavy atom. The molecule has 8 heteroatoms. The Morgan fingerprint density at radius 1 is 1.20 bits per heavy atom. The van der Waals surface area contributed by atoms with Crippen molar-refractivity contribution in [3.8, 4) is 0 Å². The summed E-state index contributed by atoms with van der Waals surface area (Å²) >= 11 is 0. The van der Waals surface area contributed by atoms with Crippen molar-refractivity contribution in [3.05, 3.63) is 29.8 Å². The molecule has 0 radical (unpaired) electrons. The van der Waals surface area contributed by atoms with Crippen LogP contribution in [-0.2, 0) is 9.59 Å². The maximum absolute atomic E-state index is 12.2. The molecular formula is C17H21N3O5. The summed E-state index contributed by atoms with van der Waals surface area (Å²) in [6, 6.07) is 6.15. The van der Waals surface area contributed by atoms with Gasteiger partial charge in [-0.05, 0) is 31.0 Å². The number of amides is 4. The van der Waals surface area contributed by atoms with E-state index in [1.165, 1.54) is 4.90 Å². The van der Waals surface area contributed by atoms with Crippen molar-refractivity contribution in [1.82, 2.24) is 10.6 Å². The van der Waals surface area contributed by atoms with Crippen LogP contribution in [0.4, 0.5) is 10.5 Å². The fourth-order valence-electron chi connectivity index (χ4n) is 2.51. The molecule has 0 aromatic heterocycles. The molecule has 1 saturated heterocycles. The summed E-state index contributed by atoms with van der Waals surface area (Å²) in [6.45, 7) is 0.737. The SMILES string of the molecule is O=C(O)CCCCCNC(=O)c1cccc(N2CCC(=O)NC2=O)c1. The average Bonchev–Trinajstić information content (AvgIpc) is 2.57. The quantitative estimate of drug-likeness (QED) is 0.616. The number of rotatable bonds is 8. The first-order valence-corrected chi connectivity index (χ1v) is 8.19. The second-order valence-electron chi connectivity index (χ2n) is 5.77. The largest absolute Gasteiger partial charge is 0.481 e. The van der Waals surface area contributed by atoms with Gasteiger partial charge < -0.3 is 10.4 Å². The molecule has 0 bridgehead atoms. The number of carboxylic acids is 1. The van der Waals surface area contributed by atoms with Crippen LogP contribution in [0.2, 0.25) is 0 Å². The topological polar surface area (TPSA) is 116 Å². The number of hydrogen-bond acceptors (Lipinski definition) is 4. The number of aliphatic carboxylic acids is 1. The Hall–Kier alpha value is -2.90. The van der Waals surface area contributed by atoms with E-state index in [0.717, 1.165) is 6.42 Å². The van der Waals surface area contributed by atoms with Gasteiger partial charge in [0.15, 0.2) is 0 Å². The molecule has 0 unspecified atom stereocenters. The lowest BCUT2D eigenvalue weighted by Gasteiger charge is -2.26. The lowest BCUT2D eigenvalue weighted by atomic mass is 10.1. The minimum Gasteiger partial charge on any atom is -0.481 e. The number of carbonyl (C=O) groups is 4. The first-order valence-electron chi connectivity index (χ1n) is 8.19. The summed E-state index contributed by atoms with van der Waals surface area (Å²) in [5, 5.41) is 13.6. The van der Waals surface area contributed by atoms with Gasteiger partial charge in [0.2, 0.25) is 5.91 Å². The molecule has 0 saturated carbocycles. The van der Waals surface area contributed by atoms with Gasteiger partial charge in [0.25, 0.3) is 5.91 Å². The normalized spacial score (nSPS) is 14.2. The summed E-state index contributed by atoms with van der Waals surface area (Å²) in [7, 11) is 0. The van der Waals surface area contributed by atoms with Crippen molar-refractivity contribution < 1.29 is 24.3 Å². The monoisotopic (exact) mass is 347 g/mol. The number of carbonyl (C=O) groups excluding carboxylic acids is 3. The van der Waals surface area contributed by atoms with Gasteiger partial charge >= 0.3 is 12.0 Å². The van der Waals surface area contributed by atoms with E-state index >= 15 is 0 Å². The predicted octanol–water partition coefficient (Wildman–Crippen LogP) is 1.51. The lowest BCUT2D eigenvalue weighted by Crippen LogP contribution is -2.49. The number of benzene rings is 1. The summed E-state index contributed by atoms with van der Waals surface area (Å²) in [6.07, 6.45) is 2.38. The van der Waals surface area contributed by atoms with Gasteiger partial charge in [0.05, 0.1) is 0 Å². The van der Waals surface area contributed by atoms with Gasteiger partial charge in [-0.2, -0.15) is 0 Å². The highest BCUT2D eigenvalue weighted by molar-refractivity contribution is 6.06. The van der Waals surface area contributed by atoms with Crippen LogP contribution in [0.1, 0.15) is 42.5 Å². The molecule has 134 valence electrons. The fraction of sp³-hybridized carbons (Fsp3) is 0.412. The molecule has 3 N–H and O–H groups in total. The Morgan fingerprint density at radius 3 is 2.72 bits per heavy atom. The summed E-state index contributed by atoms with van der Waals surface area (Å²) in [5.41, 5.74) is 0.979. The predicted molar refractivity (Wildman–Crippen MR) is 90.4 cm³/mol. The smallest absolute Gasteiger partial charge is 0.328 e. The first kappa shape index (κ1) is 18.4. The van der Waals surface area contributed by atoms with Crippen molar-refractivity contribution in [3.63, 3.8) is 0 Å². The van der Waals surface area contributed by atoms with Gasteiger partial charge in [-0.15, -0.1) is 0 Å². The number of nitrogens with one attached hydrogen (secondary N) is 2. The zero-order valence-electron chi connectivity index (χ0n) is 13.8. The van der Waals surface area contributed by atoms with Gasteiger partial charge in [-0.1, -0.05) is 12.5 Å². The highest BCUT2D eigenvalue weighted by Crippen LogP contribution is 2.18. The molecule has 1 fully saturated rings. The van der Waals surface area contributed by atoms with Gasteiger partial charge in [0, 0.05) is 37.2 Å². The van der Waals surface area contributed by atoms with Crippen LogP contribution in [-0.4, -0.2) is 42.0 Å².